The highest BCUT2D eigenvalue weighted by Gasteiger charge is 2.42. The van der Waals surface area contributed by atoms with E-state index in [1.807, 2.05) is 88.4 Å². The first-order valence-corrected chi connectivity index (χ1v) is 40.2. The van der Waals surface area contributed by atoms with Crippen LogP contribution in [0, 0.1) is 29.4 Å². The number of halogens is 2. The molecule has 6 aromatic carbocycles. The topological polar surface area (TPSA) is 323 Å². The van der Waals surface area contributed by atoms with E-state index in [-0.39, 0.29) is 85.2 Å². The highest BCUT2D eigenvalue weighted by Crippen LogP contribution is 2.38. The van der Waals surface area contributed by atoms with Gasteiger partial charge in [-0.25, -0.2) is 25.6 Å². The second kappa shape index (κ2) is 37.8. The normalized spacial score (nSPS) is 16.5. The molecule has 2 aliphatic heterocycles. The minimum absolute atomic E-state index is 0.00997. The van der Waals surface area contributed by atoms with Crippen molar-refractivity contribution in [2.24, 2.45) is 23.5 Å². The van der Waals surface area contributed by atoms with Gasteiger partial charge in [-0.3, -0.25) is 33.1 Å². The first-order valence-electron chi connectivity index (χ1n) is 31.5. The zero-order chi connectivity index (χ0) is 73.6. The van der Waals surface area contributed by atoms with Crippen molar-refractivity contribution in [3.05, 3.63) is 180 Å². The van der Waals surface area contributed by atoms with Gasteiger partial charge < -0.3 is 19.9 Å². The van der Waals surface area contributed by atoms with Crippen molar-refractivity contribution >= 4 is 93.3 Å². The Balaban J connectivity index is 0.000000317. The molecule has 0 bridgehead atoms. The summed E-state index contributed by atoms with van der Waals surface area (Å²) in [6.45, 7) is 13.0. The molecular weight excluding hydrogens is 1400 g/mol. The van der Waals surface area contributed by atoms with Crippen molar-refractivity contribution < 1.29 is 89.7 Å². The van der Waals surface area contributed by atoms with Gasteiger partial charge >= 0.3 is 17.9 Å². The number of carbonyl (C=O) groups is 5. The fraction of sp³-hybridized carbons (Fsp3) is 0.414. The van der Waals surface area contributed by atoms with Crippen LogP contribution in [0.25, 0.3) is 22.3 Å². The van der Waals surface area contributed by atoms with Crippen LogP contribution in [0.3, 0.4) is 0 Å². The number of carbonyl (C=O) groups excluding carboxylic acids is 5. The SMILES string of the molecule is CC(C)[C@H](CC(=O)OC(C)(C)C)C(=O)OCCC(CC(=O)[C@@H]1SCCN1S(=O)(=O)c1ccc(-c2ccccc2)cc1)c1ccc(F)cc1.CC(C)[C@H](N)C(=O)OCCC(CC(=O)[C@@H]1SCCN1S(=O)(=O)c1ccc(-c2ccccc2)cc1)c1ccc(F)cc1.CS(=O)(=O)O.CS(=O)(=O)O. The molecule has 0 spiro atoms. The van der Waals surface area contributed by atoms with Crippen LogP contribution in [-0.2, 0) is 78.5 Å². The lowest BCUT2D eigenvalue weighted by molar-refractivity contribution is -0.163. The number of rotatable bonds is 26. The van der Waals surface area contributed by atoms with E-state index in [1.165, 1.54) is 56.4 Å². The van der Waals surface area contributed by atoms with Crippen LogP contribution in [-0.4, -0.2) is 154 Å². The monoisotopic (exact) mass is 1490 g/mol. The molecule has 2 fully saturated rings. The van der Waals surface area contributed by atoms with Gasteiger partial charge in [0, 0.05) is 37.4 Å². The molecule has 0 radical (unpaired) electrons. The molecule has 0 aromatic heterocycles. The summed E-state index contributed by atoms with van der Waals surface area (Å²) in [6, 6.07) is 43.4. The summed E-state index contributed by atoms with van der Waals surface area (Å²) in [5.41, 5.74) is 10.3. The van der Waals surface area contributed by atoms with Crippen LogP contribution in [0.1, 0.15) is 104 Å². The second-order valence-electron chi connectivity index (χ2n) is 25.1. The molecule has 2 saturated heterocycles. The number of ether oxygens (including phenoxy) is 3. The molecule has 6 aromatic rings. The molecule has 2 heterocycles. The van der Waals surface area contributed by atoms with Crippen molar-refractivity contribution in [3.63, 3.8) is 0 Å². The zero-order valence-electron chi connectivity index (χ0n) is 56.5. The number of hydrogen-bond donors (Lipinski definition) is 3. The Labute approximate surface area is 588 Å². The fourth-order valence-corrected chi connectivity index (χ4v) is 16.6. The summed E-state index contributed by atoms with van der Waals surface area (Å²) in [5, 5.41) is -1.80. The van der Waals surface area contributed by atoms with E-state index in [9.17, 15) is 66.4 Å². The number of esters is 3. The predicted molar refractivity (Wildman–Crippen MR) is 379 cm³/mol. The molecule has 0 amide bonds. The lowest BCUT2D eigenvalue weighted by Gasteiger charge is -2.25. The minimum atomic E-state index is -3.97. The van der Waals surface area contributed by atoms with E-state index in [0.717, 1.165) is 22.3 Å². The molecular formula is C70H87F2N3O18S6. The lowest BCUT2D eigenvalue weighted by Crippen LogP contribution is -2.40. The van der Waals surface area contributed by atoms with Crippen LogP contribution in [0.5, 0.6) is 0 Å². The summed E-state index contributed by atoms with van der Waals surface area (Å²) in [5.74, 6) is -3.82. The maximum atomic E-state index is 13.8. The van der Waals surface area contributed by atoms with Crippen LogP contribution < -0.4 is 5.73 Å². The first-order chi connectivity index (χ1) is 46.2. The van der Waals surface area contributed by atoms with Gasteiger partial charge in [0.15, 0.2) is 11.6 Å². The molecule has 540 valence electrons. The summed E-state index contributed by atoms with van der Waals surface area (Å²) >= 11 is 2.56. The van der Waals surface area contributed by atoms with Gasteiger partial charge in [-0.2, -0.15) is 25.4 Å². The zero-order valence-corrected chi connectivity index (χ0v) is 61.4. The van der Waals surface area contributed by atoms with E-state index in [4.69, 9.17) is 29.0 Å². The Bertz CT molecular complexity index is 4050. The Kier molecular flexibility index (Phi) is 31.6. The molecule has 0 aliphatic carbocycles. The summed E-state index contributed by atoms with van der Waals surface area (Å²) < 4.78 is 153. The lowest BCUT2D eigenvalue weighted by atomic mass is 9.90. The Morgan fingerprint density at radius 3 is 1.17 bits per heavy atom. The van der Waals surface area contributed by atoms with E-state index in [1.54, 1.807) is 93.6 Å². The molecule has 21 nitrogen and oxygen atoms in total. The Morgan fingerprint density at radius 1 is 0.515 bits per heavy atom. The highest BCUT2D eigenvalue weighted by molar-refractivity contribution is 8.02. The largest absolute Gasteiger partial charge is 0.465 e. The van der Waals surface area contributed by atoms with Crippen LogP contribution in [0.2, 0.25) is 0 Å². The Hall–Kier alpha value is -6.77. The molecule has 99 heavy (non-hydrogen) atoms. The number of hydrogen-bond acceptors (Lipinski definition) is 19. The van der Waals surface area contributed by atoms with E-state index in [0.29, 0.717) is 41.6 Å². The van der Waals surface area contributed by atoms with Crippen molar-refractivity contribution in [2.75, 3.05) is 50.3 Å². The molecule has 8 rings (SSSR count). The third-order valence-corrected chi connectivity index (χ3v) is 21.8. The molecule has 2 aliphatic rings. The van der Waals surface area contributed by atoms with Gasteiger partial charge in [0.05, 0.1) is 47.9 Å². The van der Waals surface area contributed by atoms with Gasteiger partial charge in [-0.05, 0) is 139 Å². The van der Waals surface area contributed by atoms with Gasteiger partial charge in [0.25, 0.3) is 20.2 Å². The molecule has 0 saturated carbocycles. The average Bonchev–Trinajstić information content (AvgIpc) is 1.74. The third kappa shape index (κ3) is 27.6. The molecule has 6 atom stereocenters. The maximum absolute atomic E-state index is 13.8. The van der Waals surface area contributed by atoms with Crippen LogP contribution >= 0.6 is 23.5 Å². The summed E-state index contributed by atoms with van der Waals surface area (Å²) in [7, 11) is -15.2. The molecule has 2 unspecified atom stereocenters. The van der Waals surface area contributed by atoms with Gasteiger partial charge in [-0.1, -0.05) is 137 Å². The van der Waals surface area contributed by atoms with Crippen molar-refractivity contribution in [2.45, 2.75) is 125 Å². The number of Topliss-reactive ketones (excluding diaryl/α,β-unsaturated/α-hetero) is 2. The van der Waals surface area contributed by atoms with E-state index < -0.39 is 110 Å². The quantitative estimate of drug-likeness (QED) is 0.0258. The Morgan fingerprint density at radius 2 is 0.848 bits per heavy atom. The van der Waals surface area contributed by atoms with Crippen molar-refractivity contribution in [1.82, 2.24) is 8.61 Å². The predicted octanol–water partition coefficient (Wildman–Crippen LogP) is 11.5. The minimum Gasteiger partial charge on any atom is -0.465 e. The summed E-state index contributed by atoms with van der Waals surface area (Å²) in [6.07, 6.45) is 1.83. The number of benzene rings is 6. The van der Waals surface area contributed by atoms with Crippen molar-refractivity contribution in [1.29, 1.82) is 0 Å². The standard InChI is InChI=1S/C37H44FNO7S2.C31H35FN2O5S2.2CH4O3S/c1-25(2)32(24-34(41)46-37(3,4)5)36(42)45-21-19-29(28-11-15-30(38)16-12-28)23-33(40)35-39(20-22-47-35)48(43,44)31-17-13-27(14-18-31)26-9-7-6-8-10-26;1-21(2)29(33)31(36)39-18-16-25(24-8-12-26(32)13-9-24)20-28(35)30-34(17-19-40-30)41(37,38)27-14-10-23(11-15-27)22-6-4-3-5-7-22;2*1-5(2,3)4/h6-18,25,29,32,35H,19-24H2,1-5H3;3-15,21,25,29-30H,16-20,33H2,1-2H3;2*1H3,(H,2,3,4)/t29?,32-,35-;25?,29-,30-;;/m00../s1. The van der Waals surface area contributed by atoms with Crippen LogP contribution in [0.4, 0.5) is 8.78 Å². The second-order valence-corrected chi connectivity index (χ2v) is 34.2. The third-order valence-electron chi connectivity index (χ3n) is 15.3. The first kappa shape index (κ1) is 82.9. The van der Waals surface area contributed by atoms with E-state index in [2.05, 4.69) is 0 Å². The van der Waals surface area contributed by atoms with Gasteiger partial charge in [-0.15, -0.1) is 23.5 Å². The smallest absolute Gasteiger partial charge is 0.323 e. The summed E-state index contributed by atoms with van der Waals surface area (Å²) in [4.78, 5) is 65.3. The number of nitrogens with zero attached hydrogens (tertiary/aromatic N) is 2. The van der Waals surface area contributed by atoms with Gasteiger partial charge in [0.2, 0.25) is 20.0 Å². The number of nitrogens with two attached hydrogens (primary N) is 1. The maximum Gasteiger partial charge on any atom is 0.323 e. The molecule has 4 N–H and O–H groups in total. The van der Waals surface area contributed by atoms with E-state index >= 15 is 0 Å². The number of ketones is 2. The highest BCUT2D eigenvalue weighted by atomic mass is 32.2. The van der Waals surface area contributed by atoms with Crippen molar-refractivity contribution in [3.8, 4) is 22.3 Å². The number of thioether (sulfide) groups is 2. The average molecular weight is 1490 g/mol. The number of sulfonamides is 2. The van der Waals surface area contributed by atoms with Crippen LogP contribution in [0.15, 0.2) is 168 Å². The van der Waals surface area contributed by atoms with Gasteiger partial charge in [0.1, 0.15) is 34.0 Å². The molecule has 29 heteroatoms. The fourth-order valence-electron chi connectivity index (χ4n) is 10.2.